The van der Waals surface area contributed by atoms with Crippen molar-refractivity contribution in [3.63, 3.8) is 0 Å². The van der Waals surface area contributed by atoms with Gasteiger partial charge in [-0.25, -0.2) is 0 Å². The van der Waals surface area contributed by atoms with Gasteiger partial charge < -0.3 is 14.2 Å². The first-order chi connectivity index (χ1) is 8.72. The van der Waals surface area contributed by atoms with Crippen LogP contribution in [0.1, 0.15) is 12.8 Å². The van der Waals surface area contributed by atoms with E-state index in [1.54, 1.807) is 6.07 Å². The molecule has 4 nitrogen and oxygen atoms in total. The molecular formula is C13H16Cl2N2O2. The lowest BCUT2D eigenvalue weighted by Gasteiger charge is -2.29. The van der Waals surface area contributed by atoms with Crippen molar-refractivity contribution in [1.82, 2.24) is 10.1 Å². The number of likely N-dealkylation sites (tertiary alicyclic amines) is 1. The van der Waals surface area contributed by atoms with Crippen molar-refractivity contribution >= 4 is 35.0 Å². The minimum atomic E-state index is 0. The van der Waals surface area contributed by atoms with Crippen molar-refractivity contribution in [3.8, 4) is 5.88 Å². The smallest absolute Gasteiger partial charge is 0.262 e. The van der Waals surface area contributed by atoms with E-state index in [9.17, 15) is 0 Å². The summed E-state index contributed by atoms with van der Waals surface area (Å²) in [5.41, 5.74) is 0.707. The molecule has 0 bridgehead atoms. The number of likely N-dealkylation sites (N-methyl/N-ethyl adjacent to an activating group) is 1. The molecule has 3 rings (SSSR count). The molecule has 1 unspecified atom stereocenters. The Morgan fingerprint density at radius 1 is 1.47 bits per heavy atom. The van der Waals surface area contributed by atoms with Crippen molar-refractivity contribution in [2.45, 2.75) is 18.9 Å². The first-order valence-electron chi connectivity index (χ1n) is 6.12. The number of hydrogen-bond acceptors (Lipinski definition) is 4. The third-order valence-corrected chi connectivity index (χ3v) is 3.49. The molecule has 1 fully saturated rings. The molecule has 1 saturated heterocycles. The van der Waals surface area contributed by atoms with E-state index in [-0.39, 0.29) is 18.5 Å². The van der Waals surface area contributed by atoms with E-state index in [1.807, 2.05) is 12.1 Å². The average molecular weight is 303 g/mol. The lowest BCUT2D eigenvalue weighted by molar-refractivity contribution is 0.0976. The number of piperidine rings is 1. The molecule has 19 heavy (non-hydrogen) atoms. The second-order valence-corrected chi connectivity index (χ2v) is 5.21. The van der Waals surface area contributed by atoms with E-state index in [4.69, 9.17) is 20.9 Å². The molecule has 0 aliphatic carbocycles. The summed E-state index contributed by atoms with van der Waals surface area (Å²) in [7, 11) is 2.10. The van der Waals surface area contributed by atoms with Gasteiger partial charge in [0.15, 0.2) is 5.58 Å². The van der Waals surface area contributed by atoms with E-state index in [0.717, 1.165) is 31.3 Å². The van der Waals surface area contributed by atoms with Gasteiger partial charge in [0, 0.05) is 11.6 Å². The van der Waals surface area contributed by atoms with Crippen LogP contribution in [0, 0.1) is 0 Å². The molecule has 0 spiro atoms. The third-order valence-electron chi connectivity index (χ3n) is 3.26. The third kappa shape index (κ3) is 3.14. The molecule has 1 aromatic heterocycles. The second kappa shape index (κ2) is 5.99. The van der Waals surface area contributed by atoms with Crippen LogP contribution in [0.3, 0.4) is 0 Å². The molecule has 104 valence electrons. The monoisotopic (exact) mass is 302 g/mol. The van der Waals surface area contributed by atoms with E-state index in [0.29, 0.717) is 16.5 Å². The van der Waals surface area contributed by atoms with Gasteiger partial charge in [0.1, 0.15) is 6.10 Å². The molecule has 0 N–H and O–H groups in total. The highest BCUT2D eigenvalue weighted by atomic mass is 35.5. The number of hydrogen-bond donors (Lipinski definition) is 0. The number of ether oxygens (including phenoxy) is 1. The van der Waals surface area contributed by atoms with Crippen molar-refractivity contribution < 1.29 is 9.26 Å². The lowest BCUT2D eigenvalue weighted by atomic mass is 10.1. The highest BCUT2D eigenvalue weighted by Crippen LogP contribution is 2.29. The molecule has 2 aromatic rings. The standard InChI is InChI=1S/C13H15ClN2O2.ClH/c1-16-6-2-3-10(8-16)17-13-11-7-9(14)4-5-12(11)18-15-13;/h4-5,7,10H,2-3,6,8H2,1H3;1H. The Balaban J connectivity index is 0.00000133. The Labute approximate surface area is 123 Å². The highest BCUT2D eigenvalue weighted by Gasteiger charge is 2.21. The second-order valence-electron chi connectivity index (χ2n) is 4.77. The van der Waals surface area contributed by atoms with Gasteiger partial charge in [-0.3, -0.25) is 0 Å². The summed E-state index contributed by atoms with van der Waals surface area (Å²) in [5, 5.41) is 5.49. The zero-order valence-corrected chi connectivity index (χ0v) is 12.2. The summed E-state index contributed by atoms with van der Waals surface area (Å²) in [6, 6.07) is 5.42. The largest absolute Gasteiger partial charge is 0.470 e. The van der Waals surface area contributed by atoms with Gasteiger partial charge in [0.2, 0.25) is 0 Å². The molecule has 0 amide bonds. The molecular weight excluding hydrogens is 287 g/mol. The first-order valence-corrected chi connectivity index (χ1v) is 6.50. The fraction of sp³-hybridized carbons (Fsp3) is 0.462. The van der Waals surface area contributed by atoms with Gasteiger partial charge >= 0.3 is 0 Å². The Morgan fingerprint density at radius 3 is 3.11 bits per heavy atom. The van der Waals surface area contributed by atoms with Crippen molar-refractivity contribution in [2.24, 2.45) is 0 Å². The maximum atomic E-state index is 5.98. The Bertz CT molecular complexity index is 559. The molecule has 1 aliphatic heterocycles. The van der Waals surface area contributed by atoms with Crippen molar-refractivity contribution in [1.29, 1.82) is 0 Å². The molecule has 1 aromatic carbocycles. The van der Waals surface area contributed by atoms with Crippen LogP contribution in [0.25, 0.3) is 11.0 Å². The maximum absolute atomic E-state index is 5.98. The molecule has 1 atom stereocenters. The van der Waals surface area contributed by atoms with Gasteiger partial charge in [-0.15, -0.1) is 12.4 Å². The summed E-state index contributed by atoms with van der Waals surface area (Å²) < 4.78 is 11.2. The normalized spacial score (nSPS) is 20.2. The topological polar surface area (TPSA) is 38.5 Å². The average Bonchev–Trinajstić information content (AvgIpc) is 2.72. The van der Waals surface area contributed by atoms with Gasteiger partial charge in [-0.1, -0.05) is 11.6 Å². The van der Waals surface area contributed by atoms with Crippen LogP contribution in [-0.2, 0) is 0 Å². The van der Waals surface area contributed by atoms with Crippen molar-refractivity contribution in [2.75, 3.05) is 20.1 Å². The Morgan fingerprint density at radius 2 is 2.32 bits per heavy atom. The first kappa shape index (κ1) is 14.4. The number of nitrogens with zero attached hydrogens (tertiary/aromatic N) is 2. The zero-order chi connectivity index (χ0) is 12.5. The number of benzene rings is 1. The van der Waals surface area contributed by atoms with Crippen LogP contribution < -0.4 is 4.74 Å². The molecule has 1 aliphatic rings. The summed E-state index contributed by atoms with van der Waals surface area (Å²) in [6.45, 7) is 2.06. The van der Waals surface area contributed by atoms with E-state index in [2.05, 4.69) is 17.1 Å². The van der Waals surface area contributed by atoms with Gasteiger partial charge in [-0.05, 0) is 49.8 Å². The fourth-order valence-electron chi connectivity index (χ4n) is 2.35. The van der Waals surface area contributed by atoms with Crippen LogP contribution >= 0.6 is 24.0 Å². The van der Waals surface area contributed by atoms with Crippen LogP contribution in [-0.4, -0.2) is 36.3 Å². The summed E-state index contributed by atoms with van der Waals surface area (Å²) in [4.78, 5) is 2.27. The summed E-state index contributed by atoms with van der Waals surface area (Å²) in [5.74, 6) is 0.549. The number of aromatic nitrogens is 1. The molecule has 6 heteroatoms. The number of rotatable bonds is 2. The van der Waals surface area contributed by atoms with Crippen LogP contribution in [0.5, 0.6) is 5.88 Å². The minimum absolute atomic E-state index is 0. The van der Waals surface area contributed by atoms with Crippen LogP contribution in [0.4, 0.5) is 0 Å². The van der Waals surface area contributed by atoms with Gasteiger partial charge in [0.25, 0.3) is 5.88 Å². The van der Waals surface area contributed by atoms with Gasteiger partial charge in [0.05, 0.1) is 5.39 Å². The summed E-state index contributed by atoms with van der Waals surface area (Å²) in [6.07, 6.45) is 2.38. The number of fused-ring (bicyclic) bond motifs is 1. The predicted molar refractivity (Wildman–Crippen MR) is 77.4 cm³/mol. The molecule has 0 saturated carbocycles. The minimum Gasteiger partial charge on any atom is -0.470 e. The highest BCUT2D eigenvalue weighted by molar-refractivity contribution is 6.31. The maximum Gasteiger partial charge on any atom is 0.262 e. The molecule has 2 heterocycles. The quantitative estimate of drug-likeness (QED) is 0.852. The molecule has 0 radical (unpaired) electrons. The SMILES string of the molecule is CN1CCCC(Oc2noc3ccc(Cl)cc23)C1.Cl. The van der Waals surface area contributed by atoms with Crippen LogP contribution in [0.2, 0.25) is 5.02 Å². The van der Waals surface area contributed by atoms with Gasteiger partial charge in [-0.2, -0.15) is 0 Å². The van der Waals surface area contributed by atoms with E-state index in [1.165, 1.54) is 0 Å². The van der Waals surface area contributed by atoms with E-state index >= 15 is 0 Å². The fourth-order valence-corrected chi connectivity index (χ4v) is 2.52. The lowest BCUT2D eigenvalue weighted by Crippen LogP contribution is -2.38. The number of halogens is 2. The van der Waals surface area contributed by atoms with Crippen molar-refractivity contribution in [3.05, 3.63) is 23.2 Å². The van der Waals surface area contributed by atoms with Crippen LogP contribution in [0.15, 0.2) is 22.7 Å². The van der Waals surface area contributed by atoms with E-state index < -0.39 is 0 Å². The summed E-state index contributed by atoms with van der Waals surface area (Å²) >= 11 is 5.98. The zero-order valence-electron chi connectivity index (χ0n) is 10.6. The Hall–Kier alpha value is -0.970. The Kier molecular flexibility index (Phi) is 4.55. The predicted octanol–water partition coefficient (Wildman–Crippen LogP) is 3.38.